The van der Waals surface area contributed by atoms with Gasteiger partial charge in [-0.15, -0.1) is 11.3 Å². The summed E-state index contributed by atoms with van der Waals surface area (Å²) in [6.07, 6.45) is 0.855. The summed E-state index contributed by atoms with van der Waals surface area (Å²) in [7, 11) is 0. The van der Waals surface area contributed by atoms with Gasteiger partial charge in [0.05, 0.1) is 10.7 Å². The Morgan fingerprint density at radius 2 is 2.17 bits per heavy atom. The van der Waals surface area contributed by atoms with Crippen molar-refractivity contribution >= 4 is 27.3 Å². The summed E-state index contributed by atoms with van der Waals surface area (Å²) in [5.41, 5.74) is 2.12. The molecule has 18 heavy (non-hydrogen) atoms. The Bertz CT molecular complexity index is 519. The van der Waals surface area contributed by atoms with Gasteiger partial charge >= 0.3 is 0 Å². The maximum atomic E-state index is 13.2. The lowest BCUT2D eigenvalue weighted by atomic mass is 9.98. The summed E-state index contributed by atoms with van der Waals surface area (Å²) >= 11 is 5.25. The third kappa shape index (κ3) is 3.18. The molecule has 96 valence electrons. The second-order valence-electron chi connectivity index (χ2n) is 4.36. The number of benzene rings is 1. The molecule has 1 atom stereocenters. The highest BCUT2D eigenvalue weighted by molar-refractivity contribution is 9.09. The summed E-state index contributed by atoms with van der Waals surface area (Å²) in [5, 5.41) is 1.94. The fourth-order valence-electron chi connectivity index (χ4n) is 1.86. The molecule has 1 aromatic carbocycles. The van der Waals surface area contributed by atoms with Crippen LogP contribution in [0, 0.1) is 19.7 Å². The van der Waals surface area contributed by atoms with Crippen LogP contribution in [0.3, 0.4) is 0 Å². The van der Waals surface area contributed by atoms with Crippen LogP contribution in [0.4, 0.5) is 4.39 Å². The van der Waals surface area contributed by atoms with Crippen LogP contribution in [0.25, 0.3) is 0 Å². The number of thiazole rings is 1. The summed E-state index contributed by atoms with van der Waals surface area (Å²) in [4.78, 5) is 5.81. The number of aromatic nitrogens is 1. The molecule has 0 fully saturated rings. The van der Waals surface area contributed by atoms with Crippen LogP contribution in [0.1, 0.15) is 27.1 Å². The molecule has 0 bridgehead atoms. The normalized spacial score (nSPS) is 12.7. The van der Waals surface area contributed by atoms with Gasteiger partial charge in [0.2, 0.25) is 0 Å². The summed E-state index contributed by atoms with van der Waals surface area (Å²) < 4.78 is 13.2. The van der Waals surface area contributed by atoms with Gasteiger partial charge in [-0.25, -0.2) is 9.37 Å². The van der Waals surface area contributed by atoms with Crippen LogP contribution in [0.5, 0.6) is 0 Å². The van der Waals surface area contributed by atoms with Crippen molar-refractivity contribution in [3.8, 4) is 0 Å². The lowest BCUT2D eigenvalue weighted by Gasteiger charge is -2.12. The van der Waals surface area contributed by atoms with Gasteiger partial charge in [-0.05, 0) is 37.5 Å². The molecule has 0 aliphatic rings. The largest absolute Gasteiger partial charge is 0.246 e. The molecule has 1 nitrogen and oxygen atoms in total. The highest BCUT2D eigenvalue weighted by atomic mass is 79.9. The molecule has 0 radical (unpaired) electrons. The van der Waals surface area contributed by atoms with Gasteiger partial charge in [0, 0.05) is 16.6 Å². The Balaban J connectivity index is 2.19. The van der Waals surface area contributed by atoms with E-state index in [0.29, 0.717) is 0 Å². The molecule has 0 saturated heterocycles. The van der Waals surface area contributed by atoms with Crippen LogP contribution >= 0.6 is 27.3 Å². The van der Waals surface area contributed by atoms with Crippen LogP contribution < -0.4 is 0 Å². The lowest BCUT2D eigenvalue weighted by molar-refractivity contribution is 0.621. The predicted molar refractivity (Wildman–Crippen MR) is 78.2 cm³/mol. The van der Waals surface area contributed by atoms with Crippen LogP contribution in [0.2, 0.25) is 0 Å². The Morgan fingerprint density at radius 3 is 2.72 bits per heavy atom. The van der Waals surface area contributed by atoms with E-state index in [-0.39, 0.29) is 11.7 Å². The molecule has 0 spiro atoms. The molecule has 1 unspecified atom stereocenters. The first-order valence-corrected chi connectivity index (χ1v) is 7.78. The number of alkyl halides is 1. The molecule has 2 rings (SSSR count). The molecular formula is C14H15BrFNS. The third-order valence-corrected chi connectivity index (χ3v) is 4.88. The van der Waals surface area contributed by atoms with Crippen molar-refractivity contribution in [3.63, 3.8) is 0 Å². The molecule has 1 aromatic heterocycles. The fraction of sp³-hybridized carbons (Fsp3) is 0.357. The van der Waals surface area contributed by atoms with E-state index in [4.69, 9.17) is 0 Å². The van der Waals surface area contributed by atoms with E-state index in [1.165, 1.54) is 10.9 Å². The average molecular weight is 328 g/mol. The Kier molecular flexibility index (Phi) is 4.51. The Hall–Kier alpha value is -0.740. The minimum absolute atomic E-state index is 0.176. The zero-order valence-corrected chi connectivity index (χ0v) is 12.8. The fourth-order valence-corrected chi connectivity index (χ4v) is 3.48. The quantitative estimate of drug-likeness (QED) is 0.746. The minimum atomic E-state index is -0.176. The van der Waals surface area contributed by atoms with E-state index < -0.39 is 0 Å². The monoisotopic (exact) mass is 327 g/mol. The molecule has 4 heteroatoms. The Morgan fingerprint density at radius 1 is 1.39 bits per heavy atom. The molecule has 0 N–H and O–H groups in total. The van der Waals surface area contributed by atoms with Crippen molar-refractivity contribution in [2.24, 2.45) is 0 Å². The van der Waals surface area contributed by atoms with E-state index in [1.54, 1.807) is 23.5 Å². The first kappa shape index (κ1) is 13.7. The first-order valence-electron chi connectivity index (χ1n) is 5.84. The van der Waals surface area contributed by atoms with E-state index in [0.717, 1.165) is 28.0 Å². The molecule has 0 saturated carbocycles. The van der Waals surface area contributed by atoms with Gasteiger partial charge in [0.1, 0.15) is 5.82 Å². The number of rotatable bonds is 4. The molecule has 2 aromatic rings. The van der Waals surface area contributed by atoms with E-state index in [1.807, 2.05) is 13.0 Å². The lowest BCUT2D eigenvalue weighted by Crippen LogP contribution is -2.04. The number of aryl methyl sites for hydroxylation is 2. The van der Waals surface area contributed by atoms with Gasteiger partial charge in [-0.3, -0.25) is 0 Å². The maximum absolute atomic E-state index is 13.2. The third-order valence-electron chi connectivity index (χ3n) is 3.00. The number of hydrogen-bond acceptors (Lipinski definition) is 2. The smallest absolute Gasteiger partial charge is 0.123 e. The van der Waals surface area contributed by atoms with E-state index in [2.05, 4.69) is 27.8 Å². The number of halogens is 2. The van der Waals surface area contributed by atoms with Gasteiger partial charge in [0.25, 0.3) is 0 Å². The number of nitrogens with zero attached hydrogens (tertiary/aromatic N) is 1. The summed E-state index contributed by atoms with van der Waals surface area (Å²) in [6, 6.07) is 6.83. The van der Waals surface area contributed by atoms with Crippen LogP contribution in [-0.4, -0.2) is 10.3 Å². The topological polar surface area (TPSA) is 12.9 Å². The van der Waals surface area contributed by atoms with Crippen molar-refractivity contribution in [1.29, 1.82) is 0 Å². The zero-order chi connectivity index (χ0) is 13.1. The second kappa shape index (κ2) is 5.93. The average Bonchev–Trinajstić information content (AvgIpc) is 2.65. The molecule has 1 heterocycles. The van der Waals surface area contributed by atoms with Gasteiger partial charge in [-0.2, -0.15) is 0 Å². The van der Waals surface area contributed by atoms with Gasteiger partial charge < -0.3 is 0 Å². The van der Waals surface area contributed by atoms with E-state index >= 15 is 0 Å². The molecule has 0 aliphatic carbocycles. The molecule has 0 amide bonds. The van der Waals surface area contributed by atoms with Crippen LogP contribution in [-0.2, 0) is 6.42 Å². The molecular weight excluding hydrogens is 313 g/mol. The van der Waals surface area contributed by atoms with Crippen molar-refractivity contribution in [2.45, 2.75) is 26.2 Å². The highest BCUT2D eigenvalue weighted by Crippen LogP contribution is 2.26. The van der Waals surface area contributed by atoms with Crippen LogP contribution in [0.15, 0.2) is 24.3 Å². The van der Waals surface area contributed by atoms with Gasteiger partial charge in [-0.1, -0.05) is 28.1 Å². The van der Waals surface area contributed by atoms with Crippen molar-refractivity contribution < 1.29 is 4.39 Å². The summed E-state index contributed by atoms with van der Waals surface area (Å²) in [5.74, 6) is 0.0931. The summed E-state index contributed by atoms with van der Waals surface area (Å²) in [6.45, 7) is 4.11. The Labute approximate surface area is 119 Å². The maximum Gasteiger partial charge on any atom is 0.123 e. The minimum Gasteiger partial charge on any atom is -0.246 e. The number of hydrogen-bond donors (Lipinski definition) is 0. The van der Waals surface area contributed by atoms with Crippen molar-refractivity contribution in [2.75, 3.05) is 5.33 Å². The highest BCUT2D eigenvalue weighted by Gasteiger charge is 2.14. The van der Waals surface area contributed by atoms with Gasteiger partial charge in [0.15, 0.2) is 0 Å². The van der Waals surface area contributed by atoms with Crippen molar-refractivity contribution in [3.05, 3.63) is 51.2 Å². The SMILES string of the molecule is Cc1nc(CC(CBr)c2cccc(F)c2)sc1C. The molecule has 0 aliphatic heterocycles. The standard InChI is InChI=1S/C14H15BrFNS/c1-9-10(2)18-14(17-9)7-12(8-15)11-4-3-5-13(16)6-11/h3-6,12H,7-8H2,1-2H3. The van der Waals surface area contributed by atoms with Crippen molar-refractivity contribution in [1.82, 2.24) is 4.98 Å². The first-order chi connectivity index (χ1) is 8.60. The zero-order valence-electron chi connectivity index (χ0n) is 10.4. The van der Waals surface area contributed by atoms with E-state index in [9.17, 15) is 4.39 Å². The predicted octanol–water partition coefficient (Wildman–Crippen LogP) is 4.62. The second-order valence-corrected chi connectivity index (χ2v) is 6.29.